The number of nitrogens with zero attached hydrogens (tertiary/aromatic N) is 2. The second-order valence-corrected chi connectivity index (χ2v) is 8.22. The van der Waals surface area contributed by atoms with Crippen LogP contribution in [0.4, 0.5) is 11.4 Å². The van der Waals surface area contributed by atoms with Crippen LogP contribution in [0.15, 0.2) is 36.4 Å². The summed E-state index contributed by atoms with van der Waals surface area (Å²) in [6, 6.07) is 12.7. The molecule has 0 aliphatic carbocycles. The zero-order valence-electron chi connectivity index (χ0n) is 17.9. The van der Waals surface area contributed by atoms with E-state index in [2.05, 4.69) is 86.1 Å². The van der Waals surface area contributed by atoms with Crippen LogP contribution in [0.1, 0.15) is 42.0 Å². The van der Waals surface area contributed by atoms with Crippen molar-refractivity contribution in [3.8, 4) is 0 Å². The molecule has 0 radical (unpaired) electrons. The second-order valence-electron chi connectivity index (χ2n) is 8.22. The minimum absolute atomic E-state index is 0.0800. The molecule has 28 heavy (non-hydrogen) atoms. The van der Waals surface area contributed by atoms with E-state index in [1.54, 1.807) is 0 Å². The Bertz CT molecular complexity index is 836. The number of nitrogens with one attached hydrogen (secondary N) is 1. The highest BCUT2D eigenvalue weighted by Gasteiger charge is 2.21. The number of amides is 1. The van der Waals surface area contributed by atoms with Crippen LogP contribution in [0.25, 0.3) is 0 Å². The van der Waals surface area contributed by atoms with Crippen LogP contribution in [0.5, 0.6) is 0 Å². The molecule has 150 valence electrons. The van der Waals surface area contributed by atoms with Gasteiger partial charge in [-0.15, -0.1) is 0 Å². The third-order valence-electron chi connectivity index (χ3n) is 5.85. The van der Waals surface area contributed by atoms with Crippen LogP contribution in [0.2, 0.25) is 0 Å². The summed E-state index contributed by atoms with van der Waals surface area (Å²) in [7, 11) is 0. The Hall–Kier alpha value is -2.33. The van der Waals surface area contributed by atoms with Crippen molar-refractivity contribution in [2.75, 3.05) is 42.9 Å². The lowest BCUT2D eigenvalue weighted by molar-refractivity contribution is -0.117. The van der Waals surface area contributed by atoms with E-state index in [4.69, 9.17) is 0 Å². The van der Waals surface area contributed by atoms with Gasteiger partial charge in [0.25, 0.3) is 0 Å². The van der Waals surface area contributed by atoms with Crippen molar-refractivity contribution in [2.45, 2.75) is 40.5 Å². The first-order valence-electron chi connectivity index (χ1n) is 10.3. The van der Waals surface area contributed by atoms with Crippen LogP contribution >= 0.6 is 0 Å². The van der Waals surface area contributed by atoms with Gasteiger partial charge in [-0.3, -0.25) is 9.69 Å². The van der Waals surface area contributed by atoms with Crippen LogP contribution in [-0.2, 0) is 4.79 Å². The van der Waals surface area contributed by atoms with E-state index in [1.165, 1.54) is 22.4 Å². The molecule has 1 aliphatic heterocycles. The van der Waals surface area contributed by atoms with Gasteiger partial charge in [0.2, 0.25) is 5.91 Å². The van der Waals surface area contributed by atoms with Crippen molar-refractivity contribution < 1.29 is 4.79 Å². The number of para-hydroxylation sites is 1. The van der Waals surface area contributed by atoms with Crippen molar-refractivity contribution >= 4 is 17.3 Å². The number of rotatable bonds is 5. The van der Waals surface area contributed by atoms with E-state index in [0.717, 1.165) is 37.4 Å². The Morgan fingerprint density at radius 2 is 1.61 bits per heavy atom. The van der Waals surface area contributed by atoms with Crippen molar-refractivity contribution in [3.63, 3.8) is 0 Å². The number of piperazine rings is 1. The summed E-state index contributed by atoms with van der Waals surface area (Å²) in [5.41, 5.74) is 7.32. The summed E-state index contributed by atoms with van der Waals surface area (Å²) in [6.07, 6.45) is 0. The lowest BCUT2D eigenvalue weighted by atomic mass is 9.98. The van der Waals surface area contributed by atoms with E-state index in [0.29, 0.717) is 12.5 Å². The summed E-state index contributed by atoms with van der Waals surface area (Å²) < 4.78 is 0. The summed E-state index contributed by atoms with van der Waals surface area (Å²) in [5.74, 6) is 0.465. The smallest absolute Gasteiger partial charge is 0.238 e. The highest BCUT2D eigenvalue weighted by molar-refractivity contribution is 5.94. The molecule has 3 rings (SSSR count). The van der Waals surface area contributed by atoms with Gasteiger partial charge in [0.1, 0.15) is 0 Å². The van der Waals surface area contributed by atoms with E-state index >= 15 is 0 Å². The molecule has 0 bridgehead atoms. The maximum Gasteiger partial charge on any atom is 0.238 e. The fourth-order valence-electron chi connectivity index (χ4n) is 3.95. The number of hydrogen-bond acceptors (Lipinski definition) is 3. The molecule has 1 fully saturated rings. The molecule has 0 saturated carbocycles. The number of carbonyl (C=O) groups is 1. The van der Waals surface area contributed by atoms with Gasteiger partial charge in [-0.2, -0.15) is 0 Å². The van der Waals surface area contributed by atoms with E-state index in [-0.39, 0.29) is 5.91 Å². The maximum absolute atomic E-state index is 12.7. The van der Waals surface area contributed by atoms with Crippen molar-refractivity contribution in [1.29, 1.82) is 0 Å². The minimum Gasteiger partial charge on any atom is -0.369 e. The first-order valence-corrected chi connectivity index (χ1v) is 10.3. The van der Waals surface area contributed by atoms with E-state index in [9.17, 15) is 4.79 Å². The zero-order valence-corrected chi connectivity index (χ0v) is 17.9. The SMILES string of the molecule is Cc1cccc(N2CCN(CC(=O)Nc3c(C)cccc3C(C)C)CC2)c1C. The van der Waals surface area contributed by atoms with Crippen molar-refractivity contribution in [2.24, 2.45) is 0 Å². The van der Waals surface area contributed by atoms with E-state index in [1.807, 2.05) is 0 Å². The first-order chi connectivity index (χ1) is 13.4. The summed E-state index contributed by atoms with van der Waals surface area (Å²) >= 11 is 0. The normalized spacial score (nSPS) is 15.1. The predicted molar refractivity (Wildman–Crippen MR) is 118 cm³/mol. The molecule has 1 amide bonds. The highest BCUT2D eigenvalue weighted by Crippen LogP contribution is 2.27. The third-order valence-corrected chi connectivity index (χ3v) is 5.85. The van der Waals surface area contributed by atoms with Gasteiger partial charge in [0.05, 0.1) is 6.54 Å². The van der Waals surface area contributed by atoms with Gasteiger partial charge >= 0.3 is 0 Å². The van der Waals surface area contributed by atoms with Gasteiger partial charge in [-0.05, 0) is 55.0 Å². The Labute approximate surface area is 169 Å². The quantitative estimate of drug-likeness (QED) is 0.831. The Balaban J connectivity index is 1.58. The molecule has 0 unspecified atom stereocenters. The third kappa shape index (κ3) is 4.56. The largest absolute Gasteiger partial charge is 0.369 e. The number of carbonyl (C=O) groups excluding carboxylic acids is 1. The molecule has 1 saturated heterocycles. The fraction of sp³-hybridized carbons (Fsp3) is 0.458. The summed E-state index contributed by atoms with van der Waals surface area (Å²) in [4.78, 5) is 17.4. The van der Waals surface area contributed by atoms with Crippen molar-refractivity contribution in [3.05, 3.63) is 58.7 Å². The Morgan fingerprint density at radius 3 is 2.29 bits per heavy atom. The predicted octanol–water partition coefficient (Wildman–Crippen LogP) is 4.50. The fourth-order valence-corrected chi connectivity index (χ4v) is 3.95. The standard InChI is InChI=1S/C24H33N3O/c1-17(2)21-10-6-9-19(4)24(21)25-23(28)16-26-12-14-27(15-13-26)22-11-7-8-18(3)20(22)5/h6-11,17H,12-16H2,1-5H3,(H,25,28). The molecular weight excluding hydrogens is 346 g/mol. The van der Waals surface area contributed by atoms with Gasteiger partial charge in [0, 0.05) is 37.6 Å². The molecule has 1 N–H and O–H groups in total. The molecule has 2 aromatic carbocycles. The molecular formula is C24H33N3O. The Morgan fingerprint density at radius 1 is 0.964 bits per heavy atom. The van der Waals surface area contributed by atoms with E-state index < -0.39 is 0 Å². The van der Waals surface area contributed by atoms with Crippen LogP contribution < -0.4 is 10.2 Å². The number of hydrogen-bond donors (Lipinski definition) is 1. The number of anilines is 2. The monoisotopic (exact) mass is 379 g/mol. The first kappa shape index (κ1) is 20.4. The number of aryl methyl sites for hydroxylation is 2. The van der Waals surface area contributed by atoms with Gasteiger partial charge in [-0.1, -0.05) is 44.2 Å². The second kappa shape index (κ2) is 8.78. The molecule has 1 aliphatic rings. The van der Waals surface area contributed by atoms with Gasteiger partial charge in [-0.25, -0.2) is 0 Å². The van der Waals surface area contributed by atoms with Crippen LogP contribution in [-0.4, -0.2) is 43.5 Å². The maximum atomic E-state index is 12.7. The van der Waals surface area contributed by atoms with Crippen LogP contribution in [0, 0.1) is 20.8 Å². The topological polar surface area (TPSA) is 35.6 Å². The average molecular weight is 380 g/mol. The lowest BCUT2D eigenvalue weighted by Gasteiger charge is -2.36. The molecule has 1 heterocycles. The molecule has 0 atom stereocenters. The molecule has 4 heteroatoms. The molecule has 0 spiro atoms. The summed E-state index contributed by atoms with van der Waals surface area (Å²) in [6.45, 7) is 14.9. The molecule has 2 aromatic rings. The van der Waals surface area contributed by atoms with Gasteiger partial charge < -0.3 is 10.2 Å². The highest BCUT2D eigenvalue weighted by atomic mass is 16.2. The summed E-state index contributed by atoms with van der Waals surface area (Å²) in [5, 5.41) is 3.17. The van der Waals surface area contributed by atoms with Crippen molar-refractivity contribution in [1.82, 2.24) is 4.90 Å². The lowest BCUT2D eigenvalue weighted by Crippen LogP contribution is -2.49. The average Bonchev–Trinajstić information content (AvgIpc) is 2.66. The van der Waals surface area contributed by atoms with Gasteiger partial charge in [0.15, 0.2) is 0 Å². The molecule has 0 aromatic heterocycles. The Kier molecular flexibility index (Phi) is 6.40. The van der Waals surface area contributed by atoms with Crippen LogP contribution in [0.3, 0.4) is 0 Å². The minimum atomic E-state index is 0.0800. The molecule has 4 nitrogen and oxygen atoms in total. The zero-order chi connectivity index (χ0) is 20.3. The number of benzene rings is 2.